The fraction of sp³-hybridized carbons (Fsp3) is 0.364. The van der Waals surface area contributed by atoms with Gasteiger partial charge in [0.1, 0.15) is 12.4 Å². The van der Waals surface area contributed by atoms with Crippen molar-refractivity contribution in [1.82, 2.24) is 14.5 Å². The van der Waals surface area contributed by atoms with Gasteiger partial charge in [-0.25, -0.2) is 9.18 Å². The van der Waals surface area contributed by atoms with Gasteiger partial charge < -0.3 is 14.6 Å². The Morgan fingerprint density at radius 3 is 2.47 bits per heavy atom. The summed E-state index contributed by atoms with van der Waals surface area (Å²) in [5.41, 5.74) is 0.606. The number of ether oxygens (including phenoxy) is 1. The lowest BCUT2D eigenvalue weighted by Gasteiger charge is -2.39. The second-order valence-corrected chi connectivity index (χ2v) is 7.39. The number of hydrogen-bond donors (Lipinski definition) is 1. The molecule has 1 aliphatic heterocycles. The number of halogens is 1. The summed E-state index contributed by atoms with van der Waals surface area (Å²) in [5, 5.41) is 0.427. The van der Waals surface area contributed by atoms with Crippen LogP contribution in [0.4, 0.5) is 10.1 Å². The number of anilines is 1. The van der Waals surface area contributed by atoms with Gasteiger partial charge in [0, 0.05) is 32.7 Å². The van der Waals surface area contributed by atoms with Gasteiger partial charge >= 0.3 is 5.69 Å². The first-order valence-corrected chi connectivity index (χ1v) is 10.0. The van der Waals surface area contributed by atoms with Crippen LogP contribution in [0.15, 0.2) is 58.1 Å². The Balaban J connectivity index is 1.50. The zero-order valence-corrected chi connectivity index (χ0v) is 16.9. The number of para-hydroxylation sites is 3. The number of nitrogens with one attached hydrogen (secondary N) is 1. The number of H-pyrrole nitrogens is 1. The van der Waals surface area contributed by atoms with E-state index >= 15 is 0 Å². The van der Waals surface area contributed by atoms with E-state index in [1.165, 1.54) is 0 Å². The molecule has 0 bridgehead atoms. The molecule has 1 aliphatic rings. The maximum Gasteiger partial charge on any atom is 0.328 e. The van der Waals surface area contributed by atoms with E-state index < -0.39 is 18.4 Å². The van der Waals surface area contributed by atoms with E-state index in [-0.39, 0.29) is 12.1 Å². The van der Waals surface area contributed by atoms with Crippen molar-refractivity contribution in [3.8, 4) is 5.75 Å². The van der Waals surface area contributed by atoms with Crippen LogP contribution in [0.25, 0.3) is 10.9 Å². The van der Waals surface area contributed by atoms with Crippen LogP contribution in [0.3, 0.4) is 0 Å². The normalized spacial score (nSPS) is 16.0. The molecule has 1 N–H and O–H groups in total. The third-order valence-electron chi connectivity index (χ3n) is 5.72. The summed E-state index contributed by atoms with van der Waals surface area (Å²) < 4.78 is 20.5. The van der Waals surface area contributed by atoms with Gasteiger partial charge in [0.15, 0.2) is 0 Å². The number of aromatic nitrogens is 2. The maximum absolute atomic E-state index is 13.9. The third-order valence-corrected chi connectivity index (χ3v) is 5.72. The second-order valence-electron chi connectivity index (χ2n) is 7.39. The molecule has 1 saturated heterocycles. The summed E-state index contributed by atoms with van der Waals surface area (Å²) in [6.07, 6.45) is 0. The number of alkyl halides is 1. The SMILES string of the molecule is COc1ccccc1N1CCN(C(CF)Cn2c(=O)[nH]c3ccccc3c2=O)CC1. The molecule has 0 radical (unpaired) electrons. The maximum atomic E-state index is 13.9. The molecular weight excluding hydrogens is 387 g/mol. The van der Waals surface area contributed by atoms with Crippen LogP contribution in [0.2, 0.25) is 0 Å². The molecule has 1 fully saturated rings. The molecule has 8 heteroatoms. The number of fused-ring (bicyclic) bond motifs is 1. The van der Waals surface area contributed by atoms with E-state index in [2.05, 4.69) is 9.88 Å². The van der Waals surface area contributed by atoms with E-state index in [0.29, 0.717) is 37.1 Å². The summed E-state index contributed by atoms with van der Waals surface area (Å²) in [4.78, 5) is 32.1. The Labute approximate surface area is 173 Å². The summed E-state index contributed by atoms with van der Waals surface area (Å²) in [6.45, 7) is 2.07. The summed E-state index contributed by atoms with van der Waals surface area (Å²) in [5.74, 6) is 0.808. The predicted molar refractivity (Wildman–Crippen MR) is 115 cm³/mol. The molecule has 30 heavy (non-hydrogen) atoms. The average molecular weight is 412 g/mol. The van der Waals surface area contributed by atoms with Gasteiger partial charge in [0.05, 0.1) is 29.7 Å². The van der Waals surface area contributed by atoms with Crippen LogP contribution in [0.5, 0.6) is 5.75 Å². The number of aromatic amines is 1. The van der Waals surface area contributed by atoms with Crippen LogP contribution in [0.1, 0.15) is 0 Å². The van der Waals surface area contributed by atoms with Crippen LogP contribution in [0, 0.1) is 0 Å². The number of methoxy groups -OCH3 is 1. The van der Waals surface area contributed by atoms with Crippen molar-refractivity contribution < 1.29 is 9.13 Å². The molecule has 2 heterocycles. The Morgan fingerprint density at radius 2 is 1.73 bits per heavy atom. The van der Waals surface area contributed by atoms with Crippen LogP contribution >= 0.6 is 0 Å². The molecule has 1 unspecified atom stereocenters. The Hall–Kier alpha value is -3.13. The van der Waals surface area contributed by atoms with Gasteiger partial charge in [-0.2, -0.15) is 0 Å². The minimum absolute atomic E-state index is 0.0180. The van der Waals surface area contributed by atoms with Crippen molar-refractivity contribution in [1.29, 1.82) is 0 Å². The fourth-order valence-electron chi connectivity index (χ4n) is 4.06. The average Bonchev–Trinajstić information content (AvgIpc) is 2.79. The van der Waals surface area contributed by atoms with Crippen LogP contribution < -0.4 is 20.9 Å². The molecular formula is C22H25FN4O3. The first kappa shape index (κ1) is 20.2. The van der Waals surface area contributed by atoms with Crippen molar-refractivity contribution in [3.63, 3.8) is 0 Å². The molecule has 0 amide bonds. The highest BCUT2D eigenvalue weighted by molar-refractivity contribution is 5.76. The second kappa shape index (κ2) is 8.71. The van der Waals surface area contributed by atoms with Gasteiger partial charge in [-0.05, 0) is 24.3 Å². The molecule has 0 saturated carbocycles. The molecule has 7 nitrogen and oxygen atoms in total. The molecule has 0 spiro atoms. The molecule has 4 rings (SSSR count). The van der Waals surface area contributed by atoms with Crippen LogP contribution in [-0.4, -0.2) is 60.5 Å². The Morgan fingerprint density at radius 1 is 1.03 bits per heavy atom. The molecule has 3 aromatic rings. The van der Waals surface area contributed by atoms with Gasteiger partial charge in [-0.1, -0.05) is 24.3 Å². The lowest BCUT2D eigenvalue weighted by atomic mass is 10.2. The highest BCUT2D eigenvalue weighted by Gasteiger charge is 2.26. The number of hydrogen-bond acceptors (Lipinski definition) is 5. The van der Waals surface area contributed by atoms with Crippen molar-refractivity contribution in [2.75, 3.05) is 44.9 Å². The van der Waals surface area contributed by atoms with Crippen molar-refractivity contribution in [3.05, 3.63) is 69.4 Å². The largest absolute Gasteiger partial charge is 0.495 e. The Bertz CT molecular complexity index is 1130. The molecule has 1 aromatic heterocycles. The van der Waals surface area contributed by atoms with Gasteiger partial charge in [-0.3, -0.25) is 14.3 Å². The van der Waals surface area contributed by atoms with Gasteiger partial charge in [0.25, 0.3) is 5.56 Å². The van der Waals surface area contributed by atoms with Crippen molar-refractivity contribution in [2.45, 2.75) is 12.6 Å². The quantitative estimate of drug-likeness (QED) is 0.669. The van der Waals surface area contributed by atoms with E-state index in [9.17, 15) is 14.0 Å². The molecule has 158 valence electrons. The van der Waals surface area contributed by atoms with Gasteiger partial charge in [0.2, 0.25) is 0 Å². The first-order valence-electron chi connectivity index (χ1n) is 10.0. The zero-order valence-electron chi connectivity index (χ0n) is 16.9. The van der Waals surface area contributed by atoms with Crippen molar-refractivity contribution >= 4 is 16.6 Å². The predicted octanol–water partition coefficient (Wildman–Crippen LogP) is 1.86. The molecule has 2 aromatic carbocycles. The van der Waals surface area contributed by atoms with E-state index in [0.717, 1.165) is 16.0 Å². The van der Waals surface area contributed by atoms with Gasteiger partial charge in [-0.15, -0.1) is 0 Å². The number of benzene rings is 2. The smallest absolute Gasteiger partial charge is 0.328 e. The van der Waals surface area contributed by atoms with Crippen molar-refractivity contribution in [2.24, 2.45) is 0 Å². The highest BCUT2D eigenvalue weighted by Crippen LogP contribution is 2.28. The van der Waals surface area contributed by atoms with Crippen LogP contribution in [-0.2, 0) is 6.54 Å². The molecule has 1 atom stereocenters. The number of rotatable bonds is 6. The standard InChI is InChI=1S/C22H25FN4O3/c1-30-20-9-5-4-8-19(20)26-12-10-25(11-13-26)16(14-23)15-27-21(28)17-6-2-3-7-18(17)24-22(27)29/h2-9,16H,10-15H2,1H3,(H,24,29). The lowest BCUT2D eigenvalue weighted by molar-refractivity contribution is 0.139. The monoisotopic (exact) mass is 412 g/mol. The number of nitrogens with zero attached hydrogens (tertiary/aromatic N) is 3. The Kier molecular flexibility index (Phi) is 5.85. The molecule has 0 aliphatic carbocycles. The fourth-order valence-corrected chi connectivity index (χ4v) is 4.06. The third kappa shape index (κ3) is 3.82. The summed E-state index contributed by atoms with van der Waals surface area (Å²) >= 11 is 0. The van der Waals surface area contributed by atoms with E-state index in [1.54, 1.807) is 31.4 Å². The van der Waals surface area contributed by atoms with E-state index in [1.807, 2.05) is 29.2 Å². The van der Waals surface area contributed by atoms with E-state index in [4.69, 9.17) is 4.74 Å². The topological polar surface area (TPSA) is 70.6 Å². The highest BCUT2D eigenvalue weighted by atomic mass is 19.1. The minimum Gasteiger partial charge on any atom is -0.495 e. The number of piperazine rings is 1. The minimum atomic E-state index is -0.632. The lowest BCUT2D eigenvalue weighted by Crippen LogP contribution is -2.53. The zero-order chi connectivity index (χ0) is 21.1. The summed E-state index contributed by atoms with van der Waals surface area (Å²) in [7, 11) is 1.65. The summed E-state index contributed by atoms with van der Waals surface area (Å²) in [6, 6.07) is 14.1. The first-order chi connectivity index (χ1) is 14.6.